The van der Waals surface area contributed by atoms with E-state index in [2.05, 4.69) is 21.1 Å². The van der Waals surface area contributed by atoms with Gasteiger partial charge in [-0.3, -0.25) is 0 Å². The lowest BCUT2D eigenvalue weighted by Crippen LogP contribution is -2.40. The van der Waals surface area contributed by atoms with Crippen LogP contribution in [0.5, 0.6) is 0 Å². The maximum absolute atomic E-state index is 12.6. The molecular weight excluding hydrogens is 320 g/mol. The van der Waals surface area contributed by atoms with Crippen LogP contribution >= 0.6 is 15.9 Å². The fourth-order valence-corrected chi connectivity index (χ4v) is 4.72. The Labute approximate surface area is 116 Å². The van der Waals surface area contributed by atoms with Crippen LogP contribution in [0.25, 0.3) is 0 Å². The Kier molecular flexibility index (Phi) is 4.13. The van der Waals surface area contributed by atoms with Gasteiger partial charge in [0.05, 0.1) is 0 Å². The van der Waals surface area contributed by atoms with Crippen molar-refractivity contribution in [1.29, 1.82) is 0 Å². The fraction of sp³-hybridized carbons (Fsp3) is 0.727. The number of sulfonamides is 1. The van der Waals surface area contributed by atoms with Crippen LogP contribution in [0.2, 0.25) is 0 Å². The van der Waals surface area contributed by atoms with E-state index < -0.39 is 10.0 Å². The molecule has 1 fully saturated rings. The molecule has 0 radical (unpaired) electrons. The number of aromatic nitrogens is 1. The lowest BCUT2D eigenvalue weighted by Gasteiger charge is -2.30. The molecular formula is C11H17BrN2O3S. The molecule has 1 atom stereocenters. The largest absolute Gasteiger partial charge is 0.360 e. The second kappa shape index (κ2) is 5.30. The maximum atomic E-state index is 12.6. The third-order valence-corrected chi connectivity index (χ3v) is 6.29. The standard InChI is InChI=1S/C11H17BrN2O3S/c1-8-11(9(2)17-13-8)18(15,16)14-5-3-4-10(6-12)7-14/h10H,3-7H2,1-2H3. The third-order valence-electron chi connectivity index (χ3n) is 3.27. The van der Waals surface area contributed by atoms with Crippen LogP contribution in [0.15, 0.2) is 9.42 Å². The molecule has 0 bridgehead atoms. The van der Waals surface area contributed by atoms with Gasteiger partial charge in [-0.1, -0.05) is 21.1 Å². The quantitative estimate of drug-likeness (QED) is 0.793. The predicted octanol–water partition coefficient (Wildman–Crippen LogP) is 2.09. The third kappa shape index (κ3) is 2.48. The average molecular weight is 337 g/mol. The van der Waals surface area contributed by atoms with E-state index in [1.165, 1.54) is 0 Å². The molecule has 18 heavy (non-hydrogen) atoms. The summed E-state index contributed by atoms with van der Waals surface area (Å²) in [5.41, 5.74) is 0.438. The molecule has 1 aromatic heterocycles. The molecule has 1 unspecified atom stereocenters. The number of rotatable bonds is 3. The van der Waals surface area contributed by atoms with Crippen LogP contribution in [-0.2, 0) is 10.0 Å². The molecule has 0 aromatic carbocycles. The summed E-state index contributed by atoms with van der Waals surface area (Å²) in [5, 5.41) is 4.56. The van der Waals surface area contributed by atoms with Crippen LogP contribution in [0.3, 0.4) is 0 Å². The van der Waals surface area contributed by atoms with E-state index in [1.54, 1.807) is 18.2 Å². The molecule has 102 valence electrons. The van der Waals surface area contributed by atoms with Crippen LogP contribution in [-0.4, -0.2) is 36.3 Å². The van der Waals surface area contributed by atoms with Crippen molar-refractivity contribution in [2.75, 3.05) is 18.4 Å². The zero-order valence-electron chi connectivity index (χ0n) is 10.5. The van der Waals surface area contributed by atoms with E-state index in [0.717, 1.165) is 18.2 Å². The number of piperidine rings is 1. The molecule has 7 heteroatoms. The molecule has 2 rings (SSSR count). The number of alkyl halides is 1. The zero-order chi connectivity index (χ0) is 13.3. The highest BCUT2D eigenvalue weighted by molar-refractivity contribution is 9.09. The summed E-state index contributed by atoms with van der Waals surface area (Å²) < 4.78 is 31.6. The summed E-state index contributed by atoms with van der Waals surface area (Å²) in [6.07, 6.45) is 1.97. The van der Waals surface area contributed by atoms with E-state index in [9.17, 15) is 8.42 Å². The molecule has 0 spiro atoms. The van der Waals surface area contributed by atoms with Gasteiger partial charge in [0.15, 0.2) is 5.76 Å². The summed E-state index contributed by atoms with van der Waals surface area (Å²) in [5.74, 6) is 0.752. The minimum Gasteiger partial charge on any atom is -0.360 e. The Morgan fingerprint density at radius 3 is 2.78 bits per heavy atom. The van der Waals surface area contributed by atoms with Gasteiger partial charge in [-0.25, -0.2) is 8.42 Å². The summed E-state index contributed by atoms with van der Waals surface area (Å²) in [6, 6.07) is 0. The van der Waals surface area contributed by atoms with Gasteiger partial charge in [0, 0.05) is 18.4 Å². The molecule has 2 heterocycles. The fourth-order valence-electron chi connectivity index (χ4n) is 2.34. The summed E-state index contributed by atoms with van der Waals surface area (Å²) in [7, 11) is -3.47. The van der Waals surface area contributed by atoms with Gasteiger partial charge in [-0.15, -0.1) is 0 Å². The van der Waals surface area contributed by atoms with Crippen molar-refractivity contribution >= 4 is 26.0 Å². The minimum absolute atomic E-state index is 0.234. The molecule has 0 N–H and O–H groups in total. The number of aryl methyl sites for hydroxylation is 2. The SMILES string of the molecule is Cc1noc(C)c1S(=O)(=O)N1CCCC(CBr)C1. The smallest absolute Gasteiger partial charge is 0.248 e. The van der Waals surface area contributed by atoms with Crippen molar-refractivity contribution in [1.82, 2.24) is 9.46 Å². The second-order valence-electron chi connectivity index (χ2n) is 4.68. The Bertz CT molecular complexity index is 507. The maximum Gasteiger partial charge on any atom is 0.248 e. The number of nitrogens with zero attached hydrogens (tertiary/aromatic N) is 2. The summed E-state index contributed by atoms with van der Waals surface area (Å²) in [4.78, 5) is 0.234. The van der Waals surface area contributed by atoms with Crippen LogP contribution in [0.4, 0.5) is 0 Å². The molecule has 1 aromatic rings. The highest BCUT2D eigenvalue weighted by atomic mass is 79.9. The van der Waals surface area contributed by atoms with Gasteiger partial charge in [-0.05, 0) is 32.6 Å². The Morgan fingerprint density at radius 2 is 2.22 bits per heavy atom. The molecule has 1 aliphatic heterocycles. The lowest BCUT2D eigenvalue weighted by atomic mass is 10.0. The van der Waals surface area contributed by atoms with Gasteiger partial charge in [0.2, 0.25) is 10.0 Å². The van der Waals surface area contributed by atoms with Crippen molar-refractivity contribution in [3.63, 3.8) is 0 Å². The molecule has 5 nitrogen and oxygen atoms in total. The topological polar surface area (TPSA) is 63.4 Å². The summed E-state index contributed by atoms with van der Waals surface area (Å²) in [6.45, 7) is 4.45. The molecule has 1 aliphatic rings. The molecule has 0 amide bonds. The minimum atomic E-state index is -3.47. The first-order chi connectivity index (χ1) is 8.46. The highest BCUT2D eigenvalue weighted by Gasteiger charge is 2.33. The van der Waals surface area contributed by atoms with Crippen molar-refractivity contribution in [3.8, 4) is 0 Å². The van der Waals surface area contributed by atoms with Crippen molar-refractivity contribution in [2.45, 2.75) is 31.6 Å². The number of halogens is 1. The van der Waals surface area contributed by atoms with Gasteiger partial charge in [-0.2, -0.15) is 4.31 Å². The Hall–Kier alpha value is -0.400. The highest BCUT2D eigenvalue weighted by Crippen LogP contribution is 2.28. The monoisotopic (exact) mass is 336 g/mol. The van der Waals surface area contributed by atoms with E-state index in [4.69, 9.17) is 4.52 Å². The summed E-state index contributed by atoms with van der Waals surface area (Å²) >= 11 is 3.43. The average Bonchev–Trinajstić information content (AvgIpc) is 2.69. The first-order valence-electron chi connectivity index (χ1n) is 5.95. The predicted molar refractivity (Wildman–Crippen MR) is 71.3 cm³/mol. The van der Waals surface area contributed by atoms with E-state index in [-0.39, 0.29) is 4.90 Å². The molecule has 1 saturated heterocycles. The zero-order valence-corrected chi connectivity index (χ0v) is 12.9. The number of hydrogen-bond donors (Lipinski definition) is 0. The lowest BCUT2D eigenvalue weighted by molar-refractivity contribution is 0.285. The van der Waals surface area contributed by atoms with Gasteiger partial charge < -0.3 is 4.52 Å². The first kappa shape index (κ1) is 14.0. The van der Waals surface area contributed by atoms with Crippen LogP contribution in [0, 0.1) is 19.8 Å². The van der Waals surface area contributed by atoms with Crippen molar-refractivity contribution < 1.29 is 12.9 Å². The van der Waals surface area contributed by atoms with Gasteiger partial charge >= 0.3 is 0 Å². The van der Waals surface area contributed by atoms with E-state index in [1.807, 2.05) is 0 Å². The van der Waals surface area contributed by atoms with E-state index >= 15 is 0 Å². The van der Waals surface area contributed by atoms with Crippen LogP contribution in [0.1, 0.15) is 24.3 Å². The van der Waals surface area contributed by atoms with Crippen LogP contribution < -0.4 is 0 Å². The Balaban J connectivity index is 2.31. The van der Waals surface area contributed by atoms with Crippen molar-refractivity contribution in [3.05, 3.63) is 11.5 Å². The second-order valence-corrected chi connectivity index (χ2v) is 7.20. The molecule has 0 saturated carbocycles. The van der Waals surface area contributed by atoms with Crippen molar-refractivity contribution in [2.24, 2.45) is 5.92 Å². The first-order valence-corrected chi connectivity index (χ1v) is 8.52. The molecule has 0 aliphatic carbocycles. The van der Waals surface area contributed by atoms with Gasteiger partial charge in [0.25, 0.3) is 0 Å². The van der Waals surface area contributed by atoms with Gasteiger partial charge in [0.1, 0.15) is 10.6 Å². The number of hydrogen-bond acceptors (Lipinski definition) is 4. The Morgan fingerprint density at radius 1 is 1.50 bits per heavy atom. The normalized spacial score (nSPS) is 22.3. The van der Waals surface area contributed by atoms with E-state index in [0.29, 0.717) is 30.5 Å².